The SMILES string of the molecule is O=C(CCc1nc(-c2ccccc2F)no1)N1CCN(c2ccc(F)cc2)CC1. The molecule has 1 saturated heterocycles. The van der Waals surface area contributed by atoms with E-state index in [-0.39, 0.29) is 29.5 Å². The van der Waals surface area contributed by atoms with E-state index >= 15 is 0 Å². The normalized spacial score (nSPS) is 14.3. The smallest absolute Gasteiger partial charge is 0.227 e. The molecule has 1 aromatic heterocycles. The van der Waals surface area contributed by atoms with Gasteiger partial charge in [0.05, 0.1) is 5.56 Å². The molecule has 0 saturated carbocycles. The van der Waals surface area contributed by atoms with Gasteiger partial charge in [-0.25, -0.2) is 8.78 Å². The van der Waals surface area contributed by atoms with Gasteiger partial charge in [-0.2, -0.15) is 4.98 Å². The fourth-order valence-corrected chi connectivity index (χ4v) is 3.35. The Morgan fingerprint density at radius 1 is 1.00 bits per heavy atom. The summed E-state index contributed by atoms with van der Waals surface area (Å²) in [6, 6.07) is 12.6. The number of benzene rings is 2. The van der Waals surface area contributed by atoms with Crippen molar-refractivity contribution < 1.29 is 18.1 Å². The van der Waals surface area contributed by atoms with Crippen LogP contribution in [0.4, 0.5) is 14.5 Å². The van der Waals surface area contributed by atoms with E-state index < -0.39 is 5.82 Å². The Kier molecular flexibility index (Phi) is 5.50. The average molecular weight is 398 g/mol. The predicted octanol–water partition coefficient (Wildman–Crippen LogP) is 3.30. The number of halogens is 2. The summed E-state index contributed by atoms with van der Waals surface area (Å²) < 4.78 is 32.0. The van der Waals surface area contributed by atoms with E-state index in [4.69, 9.17) is 4.52 Å². The maximum atomic E-state index is 13.8. The molecule has 0 radical (unpaired) electrons. The minimum atomic E-state index is -0.421. The Labute approximate surface area is 166 Å². The summed E-state index contributed by atoms with van der Waals surface area (Å²) in [7, 11) is 0. The molecule has 1 amide bonds. The monoisotopic (exact) mass is 398 g/mol. The molecule has 4 rings (SSSR count). The van der Waals surface area contributed by atoms with Gasteiger partial charge in [0.2, 0.25) is 17.6 Å². The highest BCUT2D eigenvalue weighted by Gasteiger charge is 2.22. The van der Waals surface area contributed by atoms with Crippen molar-refractivity contribution in [2.45, 2.75) is 12.8 Å². The molecule has 2 heterocycles. The lowest BCUT2D eigenvalue weighted by atomic mass is 10.2. The van der Waals surface area contributed by atoms with Crippen LogP contribution in [0.2, 0.25) is 0 Å². The van der Waals surface area contributed by atoms with Crippen molar-refractivity contribution in [3.05, 3.63) is 66.1 Å². The molecule has 2 aromatic carbocycles. The Bertz CT molecular complexity index is 982. The van der Waals surface area contributed by atoms with Crippen molar-refractivity contribution in [1.29, 1.82) is 0 Å². The maximum absolute atomic E-state index is 13.8. The first-order valence-electron chi connectivity index (χ1n) is 9.46. The topological polar surface area (TPSA) is 62.5 Å². The summed E-state index contributed by atoms with van der Waals surface area (Å²) in [4.78, 5) is 20.6. The quantitative estimate of drug-likeness (QED) is 0.660. The van der Waals surface area contributed by atoms with Crippen LogP contribution >= 0.6 is 0 Å². The number of hydrogen-bond donors (Lipinski definition) is 0. The van der Waals surface area contributed by atoms with Crippen molar-refractivity contribution in [3.8, 4) is 11.4 Å². The molecule has 0 N–H and O–H groups in total. The Morgan fingerprint density at radius 2 is 1.72 bits per heavy atom. The van der Waals surface area contributed by atoms with Crippen LogP contribution in [-0.2, 0) is 11.2 Å². The van der Waals surface area contributed by atoms with Crippen molar-refractivity contribution in [2.75, 3.05) is 31.1 Å². The number of nitrogens with zero attached hydrogens (tertiary/aromatic N) is 4. The van der Waals surface area contributed by atoms with Gasteiger partial charge < -0.3 is 14.3 Å². The fraction of sp³-hybridized carbons (Fsp3) is 0.286. The van der Waals surface area contributed by atoms with Gasteiger partial charge in [-0.05, 0) is 36.4 Å². The number of piperazine rings is 1. The number of rotatable bonds is 5. The van der Waals surface area contributed by atoms with Gasteiger partial charge in [-0.15, -0.1) is 0 Å². The van der Waals surface area contributed by atoms with Crippen LogP contribution in [0.15, 0.2) is 53.1 Å². The summed E-state index contributed by atoms with van der Waals surface area (Å²) >= 11 is 0. The van der Waals surface area contributed by atoms with Crippen molar-refractivity contribution >= 4 is 11.6 Å². The van der Waals surface area contributed by atoms with E-state index in [0.29, 0.717) is 38.5 Å². The van der Waals surface area contributed by atoms with Gasteiger partial charge in [0.1, 0.15) is 11.6 Å². The van der Waals surface area contributed by atoms with Gasteiger partial charge in [-0.1, -0.05) is 17.3 Å². The van der Waals surface area contributed by atoms with E-state index in [1.807, 2.05) is 0 Å². The standard InChI is InChI=1S/C21H20F2N4O2/c22-15-5-7-16(8-6-15)26-11-13-27(14-12-26)20(28)10-9-19-24-21(25-29-19)17-3-1-2-4-18(17)23/h1-8H,9-14H2. The third-order valence-electron chi connectivity index (χ3n) is 4.96. The zero-order valence-electron chi connectivity index (χ0n) is 15.7. The first kappa shape index (κ1) is 19.0. The molecule has 6 nitrogen and oxygen atoms in total. The van der Waals surface area contributed by atoms with Gasteiger partial charge in [-0.3, -0.25) is 4.79 Å². The van der Waals surface area contributed by atoms with E-state index in [2.05, 4.69) is 15.0 Å². The Morgan fingerprint density at radius 3 is 2.45 bits per heavy atom. The minimum absolute atomic E-state index is 0.00870. The molecule has 150 valence electrons. The Balaban J connectivity index is 1.29. The van der Waals surface area contributed by atoms with Crippen LogP contribution in [0.5, 0.6) is 0 Å². The molecule has 1 aliphatic rings. The fourth-order valence-electron chi connectivity index (χ4n) is 3.35. The number of carbonyl (C=O) groups excluding carboxylic acids is 1. The number of aromatic nitrogens is 2. The molecule has 0 unspecified atom stereocenters. The van der Waals surface area contributed by atoms with Crippen LogP contribution in [0, 0.1) is 11.6 Å². The third kappa shape index (κ3) is 4.42. The van der Waals surface area contributed by atoms with E-state index in [9.17, 15) is 13.6 Å². The van der Waals surface area contributed by atoms with Crippen LogP contribution < -0.4 is 4.90 Å². The molecule has 29 heavy (non-hydrogen) atoms. The highest BCUT2D eigenvalue weighted by atomic mass is 19.1. The second-order valence-corrected chi connectivity index (χ2v) is 6.84. The first-order chi connectivity index (χ1) is 14.1. The van der Waals surface area contributed by atoms with Crippen LogP contribution in [0.25, 0.3) is 11.4 Å². The lowest BCUT2D eigenvalue weighted by Crippen LogP contribution is -2.48. The van der Waals surface area contributed by atoms with Crippen LogP contribution in [-0.4, -0.2) is 47.1 Å². The van der Waals surface area contributed by atoms with Crippen LogP contribution in [0.3, 0.4) is 0 Å². The van der Waals surface area contributed by atoms with Gasteiger partial charge in [0, 0.05) is 44.7 Å². The zero-order chi connectivity index (χ0) is 20.2. The van der Waals surface area contributed by atoms with Gasteiger partial charge >= 0.3 is 0 Å². The number of aryl methyl sites for hydroxylation is 1. The van der Waals surface area contributed by atoms with Crippen molar-refractivity contribution in [3.63, 3.8) is 0 Å². The van der Waals surface area contributed by atoms with Crippen molar-refractivity contribution in [1.82, 2.24) is 15.0 Å². The molecule has 0 atom stereocenters. The molecular weight excluding hydrogens is 378 g/mol. The minimum Gasteiger partial charge on any atom is -0.368 e. The molecule has 1 aliphatic heterocycles. The molecule has 3 aromatic rings. The highest BCUT2D eigenvalue weighted by Crippen LogP contribution is 2.20. The largest absolute Gasteiger partial charge is 0.368 e. The second-order valence-electron chi connectivity index (χ2n) is 6.84. The van der Waals surface area contributed by atoms with Crippen molar-refractivity contribution in [2.24, 2.45) is 0 Å². The number of carbonyl (C=O) groups is 1. The van der Waals surface area contributed by atoms with E-state index in [1.54, 1.807) is 35.2 Å². The number of hydrogen-bond acceptors (Lipinski definition) is 5. The third-order valence-corrected chi connectivity index (χ3v) is 4.96. The van der Waals surface area contributed by atoms with E-state index in [1.165, 1.54) is 18.2 Å². The number of amides is 1. The molecular formula is C21H20F2N4O2. The second kappa shape index (κ2) is 8.38. The van der Waals surface area contributed by atoms with E-state index in [0.717, 1.165) is 5.69 Å². The first-order valence-corrected chi connectivity index (χ1v) is 9.46. The van der Waals surface area contributed by atoms with Gasteiger partial charge in [0.25, 0.3) is 0 Å². The lowest BCUT2D eigenvalue weighted by Gasteiger charge is -2.36. The summed E-state index contributed by atoms with van der Waals surface area (Å²) in [6.07, 6.45) is 0.550. The average Bonchev–Trinajstić information content (AvgIpc) is 3.22. The summed E-state index contributed by atoms with van der Waals surface area (Å²) in [5.41, 5.74) is 1.22. The summed E-state index contributed by atoms with van der Waals surface area (Å²) in [5, 5.41) is 3.80. The zero-order valence-corrected chi connectivity index (χ0v) is 15.7. The summed E-state index contributed by atoms with van der Waals surface area (Å²) in [6.45, 7) is 2.58. The summed E-state index contributed by atoms with van der Waals surface area (Å²) in [5.74, 6) is -0.189. The van der Waals surface area contributed by atoms with Gasteiger partial charge in [0.15, 0.2) is 0 Å². The molecule has 1 fully saturated rings. The molecule has 0 spiro atoms. The highest BCUT2D eigenvalue weighted by molar-refractivity contribution is 5.76. The Hall–Kier alpha value is -3.29. The molecule has 0 aliphatic carbocycles. The maximum Gasteiger partial charge on any atom is 0.227 e. The molecule has 0 bridgehead atoms. The lowest BCUT2D eigenvalue weighted by molar-refractivity contribution is -0.131. The number of anilines is 1. The van der Waals surface area contributed by atoms with Crippen LogP contribution in [0.1, 0.15) is 12.3 Å². The molecule has 8 heteroatoms. The predicted molar refractivity (Wildman–Crippen MR) is 103 cm³/mol.